The summed E-state index contributed by atoms with van der Waals surface area (Å²) in [6.07, 6.45) is -15.3. The van der Waals surface area contributed by atoms with E-state index in [0.29, 0.717) is 11.3 Å². The van der Waals surface area contributed by atoms with Gasteiger partial charge in [-0.05, 0) is 17.7 Å². The van der Waals surface area contributed by atoms with Crippen LogP contribution in [0.5, 0.6) is 23.0 Å². The molecule has 2 fully saturated rings. The molecule has 8 N–H and O–H groups in total. The molecule has 0 unspecified atom stereocenters. The van der Waals surface area contributed by atoms with E-state index in [4.69, 9.17) is 32.8 Å². The van der Waals surface area contributed by atoms with Crippen molar-refractivity contribution in [2.75, 3.05) is 27.1 Å². The lowest BCUT2D eigenvalue weighted by molar-refractivity contribution is -0.396. The molecule has 3 aromatic rings. The van der Waals surface area contributed by atoms with Gasteiger partial charge in [0.2, 0.25) is 18.0 Å². The first-order valence-corrected chi connectivity index (χ1v) is 13.9. The SMILES string of the molecule is COc1c2c(cc3occ(-c4ccc(O[C@@]5([C@H]6O[C@@H](CO)[C@@H](O)[C@@H](O)[C@@H]6O)O[C@@H](CO)[C@H](O)[C@H](O)[C@@H]5O)cc4)c(=O)c13)OCO2. The monoisotopic (exact) mass is 636 g/mol. The minimum absolute atomic E-state index is 0.0530. The van der Waals surface area contributed by atoms with Gasteiger partial charge in [-0.1, -0.05) is 12.1 Å². The molecule has 4 heterocycles. The second-order valence-corrected chi connectivity index (χ2v) is 10.9. The molecule has 6 rings (SSSR count). The maximum absolute atomic E-state index is 13.6. The van der Waals surface area contributed by atoms with Crippen LogP contribution in [-0.2, 0) is 9.47 Å². The number of methoxy groups -OCH3 is 1. The maximum Gasteiger partial charge on any atom is 0.268 e. The van der Waals surface area contributed by atoms with Crippen molar-refractivity contribution in [2.24, 2.45) is 0 Å². The summed E-state index contributed by atoms with van der Waals surface area (Å²) < 4.78 is 39.4. The second kappa shape index (κ2) is 12.0. The standard InChI is InChI=1S/C29H32O16/c1-39-26-18-14(6-15-25(26)42-10-41-15)40-9-13(19(18)32)11-2-4-12(5-3-11)44-29(27(38)23(36)21(34)17(8-31)45-29)28-24(37)22(35)20(33)16(7-30)43-28/h2-6,9,16-17,20-24,27-28,30-31,33-38H,7-8,10H2,1H3/t16-,17-,20+,21-,22+,23-,24-,27-,28-,29+/m0/s1. The predicted octanol–water partition coefficient (Wildman–Crippen LogP) is -2.41. The van der Waals surface area contributed by atoms with Crippen molar-refractivity contribution < 1.29 is 73.7 Å². The van der Waals surface area contributed by atoms with Crippen LogP contribution in [0.3, 0.4) is 0 Å². The molecule has 3 aliphatic rings. The average molecular weight is 637 g/mol. The predicted molar refractivity (Wildman–Crippen MR) is 148 cm³/mol. The Hall–Kier alpha value is -3.55. The molecular formula is C29H32O16. The van der Waals surface area contributed by atoms with Gasteiger partial charge >= 0.3 is 0 Å². The number of rotatable bonds is 7. The summed E-state index contributed by atoms with van der Waals surface area (Å²) >= 11 is 0. The van der Waals surface area contributed by atoms with Crippen LogP contribution in [0.1, 0.15) is 0 Å². The highest BCUT2D eigenvalue weighted by Crippen LogP contribution is 2.46. The smallest absolute Gasteiger partial charge is 0.268 e. The van der Waals surface area contributed by atoms with Gasteiger partial charge in [-0.3, -0.25) is 4.79 Å². The van der Waals surface area contributed by atoms with Crippen LogP contribution in [0.2, 0.25) is 0 Å². The average Bonchev–Trinajstić information content (AvgIpc) is 3.52. The number of aliphatic hydroxyl groups is 8. The molecule has 0 amide bonds. The van der Waals surface area contributed by atoms with Crippen LogP contribution in [0.15, 0.2) is 45.8 Å². The molecule has 244 valence electrons. The van der Waals surface area contributed by atoms with E-state index in [2.05, 4.69) is 0 Å². The van der Waals surface area contributed by atoms with Crippen LogP contribution in [-0.4, -0.2) is 129 Å². The van der Waals surface area contributed by atoms with Crippen molar-refractivity contribution >= 4 is 11.0 Å². The van der Waals surface area contributed by atoms with E-state index in [1.807, 2.05) is 0 Å². The molecule has 2 aromatic carbocycles. The lowest BCUT2D eigenvalue weighted by Gasteiger charge is -2.54. The lowest BCUT2D eigenvalue weighted by atomic mass is 9.83. The summed E-state index contributed by atoms with van der Waals surface area (Å²) in [5.74, 6) is -1.94. The van der Waals surface area contributed by atoms with Gasteiger partial charge in [0.05, 0.1) is 25.9 Å². The van der Waals surface area contributed by atoms with Gasteiger partial charge in [0.15, 0.2) is 23.7 Å². The number of fused-ring (bicyclic) bond motifs is 2. The first-order valence-electron chi connectivity index (χ1n) is 13.9. The summed E-state index contributed by atoms with van der Waals surface area (Å²) in [6, 6.07) is 7.13. The molecule has 10 atom stereocenters. The fraction of sp³-hybridized carbons (Fsp3) is 0.483. The zero-order chi connectivity index (χ0) is 32.2. The van der Waals surface area contributed by atoms with Crippen LogP contribution in [0.4, 0.5) is 0 Å². The molecule has 0 radical (unpaired) electrons. The number of hydrogen-bond acceptors (Lipinski definition) is 16. The van der Waals surface area contributed by atoms with Crippen LogP contribution >= 0.6 is 0 Å². The Kier molecular flexibility index (Phi) is 8.38. The van der Waals surface area contributed by atoms with Gasteiger partial charge in [-0.2, -0.15) is 0 Å². The molecule has 45 heavy (non-hydrogen) atoms. The molecule has 16 nitrogen and oxygen atoms in total. The fourth-order valence-electron chi connectivity index (χ4n) is 5.87. The Morgan fingerprint density at radius 1 is 0.889 bits per heavy atom. The van der Waals surface area contributed by atoms with E-state index < -0.39 is 79.4 Å². The molecule has 1 aromatic heterocycles. The van der Waals surface area contributed by atoms with E-state index in [1.165, 1.54) is 43.7 Å². The Bertz CT molecular complexity index is 1590. The van der Waals surface area contributed by atoms with E-state index >= 15 is 0 Å². The summed E-state index contributed by atoms with van der Waals surface area (Å²) in [4.78, 5) is 13.6. The van der Waals surface area contributed by atoms with Gasteiger partial charge in [-0.15, -0.1) is 0 Å². The van der Waals surface area contributed by atoms with E-state index in [1.54, 1.807) is 0 Å². The van der Waals surface area contributed by atoms with Crippen molar-refractivity contribution in [3.05, 3.63) is 46.8 Å². The van der Waals surface area contributed by atoms with E-state index in [9.17, 15) is 45.6 Å². The number of ether oxygens (including phenoxy) is 6. The highest BCUT2D eigenvalue weighted by atomic mass is 16.7. The van der Waals surface area contributed by atoms with Crippen molar-refractivity contribution in [1.29, 1.82) is 0 Å². The third-order valence-electron chi connectivity index (χ3n) is 8.28. The fourth-order valence-corrected chi connectivity index (χ4v) is 5.87. The van der Waals surface area contributed by atoms with Crippen molar-refractivity contribution in [3.63, 3.8) is 0 Å². The molecule has 0 aliphatic carbocycles. The van der Waals surface area contributed by atoms with Gasteiger partial charge in [0.25, 0.3) is 5.79 Å². The first-order chi connectivity index (χ1) is 21.6. The zero-order valence-corrected chi connectivity index (χ0v) is 23.6. The summed E-state index contributed by atoms with van der Waals surface area (Å²) in [7, 11) is 1.37. The Balaban J connectivity index is 1.38. The van der Waals surface area contributed by atoms with E-state index in [0.717, 1.165) is 0 Å². The molecule has 0 saturated carbocycles. The van der Waals surface area contributed by atoms with E-state index in [-0.39, 0.29) is 40.6 Å². The summed E-state index contributed by atoms with van der Waals surface area (Å²) in [5, 5.41) is 83.5. The molecule has 16 heteroatoms. The first kappa shape index (κ1) is 31.4. The maximum atomic E-state index is 13.6. The lowest BCUT2D eigenvalue weighted by Crippen LogP contribution is -2.77. The normalized spacial score (nSPS) is 34.6. The molecule has 0 bridgehead atoms. The Morgan fingerprint density at radius 2 is 1.58 bits per heavy atom. The number of hydrogen-bond donors (Lipinski definition) is 8. The zero-order valence-electron chi connectivity index (χ0n) is 23.6. The minimum atomic E-state index is -2.61. The molecule has 0 spiro atoms. The molecular weight excluding hydrogens is 604 g/mol. The van der Waals surface area contributed by atoms with Crippen LogP contribution in [0.25, 0.3) is 22.1 Å². The van der Waals surface area contributed by atoms with Gasteiger partial charge in [0, 0.05) is 6.07 Å². The van der Waals surface area contributed by atoms with Crippen molar-refractivity contribution in [1.82, 2.24) is 0 Å². The minimum Gasteiger partial charge on any atom is -0.492 e. The highest BCUT2D eigenvalue weighted by molar-refractivity contribution is 5.91. The summed E-state index contributed by atoms with van der Waals surface area (Å²) in [6.45, 7) is -1.74. The molecule has 3 aliphatic heterocycles. The number of benzene rings is 2. The van der Waals surface area contributed by atoms with Crippen LogP contribution in [0, 0.1) is 0 Å². The second-order valence-electron chi connectivity index (χ2n) is 10.9. The summed E-state index contributed by atoms with van der Waals surface area (Å²) in [5.41, 5.74) is 0.233. The largest absolute Gasteiger partial charge is 0.492 e. The Morgan fingerprint density at radius 3 is 2.24 bits per heavy atom. The third kappa shape index (κ3) is 4.99. The Labute approximate surface area is 253 Å². The van der Waals surface area contributed by atoms with Crippen LogP contribution < -0.4 is 24.4 Å². The van der Waals surface area contributed by atoms with Crippen molar-refractivity contribution in [2.45, 2.75) is 60.7 Å². The van der Waals surface area contributed by atoms with Crippen molar-refractivity contribution in [3.8, 4) is 34.1 Å². The highest BCUT2D eigenvalue weighted by Gasteiger charge is 2.65. The number of aliphatic hydroxyl groups excluding tert-OH is 8. The van der Waals surface area contributed by atoms with Gasteiger partial charge in [0.1, 0.15) is 65.7 Å². The van der Waals surface area contributed by atoms with Gasteiger partial charge in [-0.25, -0.2) is 0 Å². The molecule has 2 saturated heterocycles. The third-order valence-corrected chi connectivity index (χ3v) is 8.28. The topological polar surface area (TPSA) is 247 Å². The quantitative estimate of drug-likeness (QED) is 0.135. The van der Waals surface area contributed by atoms with Gasteiger partial charge < -0.3 is 73.7 Å².